The highest BCUT2D eigenvalue weighted by molar-refractivity contribution is 7.71. The van der Waals surface area contributed by atoms with Gasteiger partial charge < -0.3 is 9.30 Å². The summed E-state index contributed by atoms with van der Waals surface area (Å²) in [6, 6.07) is 23.7. The number of methoxy groups -OCH3 is 1. The van der Waals surface area contributed by atoms with Crippen LogP contribution >= 0.6 is 23.8 Å². The van der Waals surface area contributed by atoms with Crippen LogP contribution in [-0.4, -0.2) is 37.8 Å². The van der Waals surface area contributed by atoms with Crippen LogP contribution in [0.25, 0.3) is 21.8 Å². The van der Waals surface area contributed by atoms with E-state index in [1.807, 2.05) is 48.5 Å². The first-order valence-electron chi connectivity index (χ1n) is 10.8. The van der Waals surface area contributed by atoms with Gasteiger partial charge in [0, 0.05) is 21.8 Å². The summed E-state index contributed by atoms with van der Waals surface area (Å²) in [7, 11) is 1.61. The van der Waals surface area contributed by atoms with Gasteiger partial charge >= 0.3 is 0 Å². The lowest BCUT2D eigenvalue weighted by Crippen LogP contribution is -2.62. The van der Waals surface area contributed by atoms with Crippen molar-refractivity contribution < 1.29 is 9.53 Å². The maximum atomic E-state index is 13.0. The average molecular weight is 490 g/mol. The minimum absolute atomic E-state index is 0.226. The number of H-pyrrole nitrogens is 1. The molecular formula is C25H20ClN5O2S. The van der Waals surface area contributed by atoms with Gasteiger partial charge in [-0.2, -0.15) is 5.10 Å². The van der Waals surface area contributed by atoms with Gasteiger partial charge in [0.2, 0.25) is 4.77 Å². The van der Waals surface area contributed by atoms with Crippen LogP contribution in [0.3, 0.4) is 0 Å². The smallest absolute Gasteiger partial charge is 0.262 e. The number of para-hydroxylation sites is 2. The SMILES string of the molecule is COc1cccc(C2C(Cl)C(=O)N2n2c(Cn3c4ccccc4c4ccccc43)n[nH]c2=S)c1. The van der Waals surface area contributed by atoms with Crippen LogP contribution in [0, 0.1) is 4.77 Å². The molecule has 34 heavy (non-hydrogen) atoms. The maximum Gasteiger partial charge on any atom is 0.262 e. The van der Waals surface area contributed by atoms with E-state index in [0.717, 1.165) is 27.4 Å². The number of hydrogen-bond donors (Lipinski definition) is 1. The summed E-state index contributed by atoms with van der Waals surface area (Å²) in [6.07, 6.45) is 0. The van der Waals surface area contributed by atoms with E-state index in [4.69, 9.17) is 28.6 Å². The van der Waals surface area contributed by atoms with E-state index in [9.17, 15) is 4.79 Å². The van der Waals surface area contributed by atoms with Crippen LogP contribution in [0.2, 0.25) is 0 Å². The number of ether oxygens (including phenoxy) is 1. The minimum atomic E-state index is -0.704. The number of aromatic nitrogens is 4. The van der Waals surface area contributed by atoms with E-state index in [1.165, 1.54) is 0 Å². The van der Waals surface area contributed by atoms with Crippen molar-refractivity contribution in [3.05, 3.63) is 89.0 Å². The summed E-state index contributed by atoms with van der Waals surface area (Å²) in [5.74, 6) is 1.08. The maximum absolute atomic E-state index is 13.0. The molecule has 9 heteroatoms. The largest absolute Gasteiger partial charge is 0.497 e. The summed E-state index contributed by atoms with van der Waals surface area (Å²) in [6.45, 7) is 0.419. The van der Waals surface area contributed by atoms with Crippen LogP contribution in [0.5, 0.6) is 5.75 Å². The molecular weight excluding hydrogens is 470 g/mol. The molecule has 5 aromatic rings. The first kappa shape index (κ1) is 20.9. The third kappa shape index (κ3) is 3.06. The highest BCUT2D eigenvalue weighted by atomic mass is 35.5. The molecule has 0 aliphatic carbocycles. The summed E-state index contributed by atoms with van der Waals surface area (Å²) >= 11 is 12.0. The Bertz CT molecular complexity index is 1570. The highest BCUT2D eigenvalue weighted by Gasteiger charge is 2.49. The van der Waals surface area contributed by atoms with Gasteiger partial charge in [-0.15, -0.1) is 11.6 Å². The molecule has 0 spiro atoms. The van der Waals surface area contributed by atoms with Crippen molar-refractivity contribution in [3.8, 4) is 5.75 Å². The van der Waals surface area contributed by atoms with Crippen LogP contribution in [0.1, 0.15) is 17.4 Å². The Labute approximate surface area is 205 Å². The average Bonchev–Trinajstić information content (AvgIpc) is 3.39. The lowest BCUT2D eigenvalue weighted by Gasteiger charge is -2.44. The van der Waals surface area contributed by atoms with Crippen molar-refractivity contribution in [1.29, 1.82) is 0 Å². The number of alkyl halides is 1. The van der Waals surface area contributed by atoms with Gasteiger partial charge in [0.15, 0.2) is 5.82 Å². The molecule has 6 rings (SSSR count). The second-order valence-corrected chi connectivity index (χ2v) is 9.04. The molecule has 1 saturated heterocycles. The molecule has 170 valence electrons. The Morgan fingerprint density at radius 3 is 2.38 bits per heavy atom. The predicted octanol–water partition coefficient (Wildman–Crippen LogP) is 4.93. The van der Waals surface area contributed by atoms with E-state index < -0.39 is 11.4 Å². The number of benzene rings is 3. The van der Waals surface area contributed by atoms with Crippen molar-refractivity contribution in [2.24, 2.45) is 0 Å². The summed E-state index contributed by atoms with van der Waals surface area (Å²) in [5, 5.41) is 10.6. The van der Waals surface area contributed by atoms with Crippen molar-refractivity contribution in [1.82, 2.24) is 19.4 Å². The Morgan fingerprint density at radius 2 is 1.71 bits per heavy atom. The Kier molecular flexibility index (Phi) is 4.93. The lowest BCUT2D eigenvalue weighted by atomic mass is 9.95. The summed E-state index contributed by atoms with van der Waals surface area (Å²) in [4.78, 5) is 13.0. The predicted molar refractivity (Wildman–Crippen MR) is 135 cm³/mol. The van der Waals surface area contributed by atoms with E-state index in [-0.39, 0.29) is 5.91 Å². The Balaban J connectivity index is 1.46. The number of nitrogens with one attached hydrogen (secondary N) is 1. The molecule has 2 atom stereocenters. The monoisotopic (exact) mass is 489 g/mol. The normalized spacial score (nSPS) is 17.9. The molecule has 1 fully saturated rings. The fourth-order valence-corrected chi connectivity index (χ4v) is 5.35. The molecule has 2 aromatic heterocycles. The highest BCUT2D eigenvalue weighted by Crippen LogP contribution is 2.39. The number of amides is 1. The second kappa shape index (κ2) is 8.00. The fraction of sp³-hybridized carbons (Fsp3) is 0.160. The van der Waals surface area contributed by atoms with Crippen LogP contribution in [0.4, 0.5) is 0 Å². The second-order valence-electron chi connectivity index (χ2n) is 8.18. The Hall–Kier alpha value is -3.62. The standard InChI is InChI=1S/C25H20ClN5O2S/c1-33-16-8-6-7-15(13-16)23-22(26)24(32)31(23)30-21(27-28-25(30)34)14-29-19-11-4-2-9-17(19)18-10-3-5-12-20(18)29/h2-13,22-23H,14H2,1H3,(H,28,34). The first-order chi connectivity index (χ1) is 16.6. The van der Waals surface area contributed by atoms with Gasteiger partial charge in [0.1, 0.15) is 17.2 Å². The van der Waals surface area contributed by atoms with Gasteiger partial charge in [0.05, 0.1) is 13.7 Å². The van der Waals surface area contributed by atoms with Crippen LogP contribution < -0.4 is 9.75 Å². The number of nitrogens with zero attached hydrogens (tertiary/aromatic N) is 4. The number of hydrogen-bond acceptors (Lipinski definition) is 4. The molecule has 0 saturated carbocycles. The van der Waals surface area contributed by atoms with E-state index in [2.05, 4.69) is 39.0 Å². The molecule has 3 heterocycles. The van der Waals surface area contributed by atoms with Crippen LogP contribution in [0.15, 0.2) is 72.8 Å². The van der Waals surface area contributed by atoms with Gasteiger partial charge in [0.25, 0.3) is 5.91 Å². The van der Waals surface area contributed by atoms with Crippen molar-refractivity contribution in [2.45, 2.75) is 18.0 Å². The van der Waals surface area contributed by atoms with E-state index >= 15 is 0 Å². The molecule has 2 unspecified atom stereocenters. The topological polar surface area (TPSA) is 68.1 Å². The number of rotatable bonds is 5. The third-order valence-corrected chi connectivity index (χ3v) is 7.04. The van der Waals surface area contributed by atoms with Crippen LogP contribution in [-0.2, 0) is 11.3 Å². The summed E-state index contributed by atoms with van der Waals surface area (Å²) in [5.41, 5.74) is 3.03. The zero-order valence-corrected chi connectivity index (χ0v) is 19.8. The third-order valence-electron chi connectivity index (χ3n) is 6.35. The lowest BCUT2D eigenvalue weighted by molar-refractivity contribution is -0.126. The van der Waals surface area contributed by atoms with Gasteiger partial charge in [-0.1, -0.05) is 48.5 Å². The number of carbonyl (C=O) groups excluding carboxylic acids is 1. The van der Waals surface area contributed by atoms with Crippen molar-refractivity contribution >= 4 is 51.5 Å². The van der Waals surface area contributed by atoms with E-state index in [0.29, 0.717) is 22.9 Å². The number of carbonyl (C=O) groups is 1. The molecule has 7 nitrogen and oxygen atoms in total. The zero-order valence-electron chi connectivity index (χ0n) is 18.2. The van der Waals surface area contributed by atoms with Gasteiger partial charge in [-0.3, -0.25) is 9.89 Å². The molecule has 1 aliphatic heterocycles. The molecule has 1 amide bonds. The van der Waals surface area contributed by atoms with E-state index in [1.54, 1.807) is 16.8 Å². The first-order valence-corrected chi connectivity index (χ1v) is 11.7. The quantitative estimate of drug-likeness (QED) is 0.216. The zero-order chi connectivity index (χ0) is 23.4. The number of halogens is 1. The fourth-order valence-electron chi connectivity index (χ4n) is 4.76. The molecule has 3 aromatic carbocycles. The molecule has 1 N–H and O–H groups in total. The number of fused-ring (bicyclic) bond motifs is 3. The minimum Gasteiger partial charge on any atom is -0.497 e. The van der Waals surface area contributed by atoms with Crippen molar-refractivity contribution in [2.75, 3.05) is 12.1 Å². The number of aromatic amines is 1. The molecule has 0 radical (unpaired) electrons. The summed E-state index contributed by atoms with van der Waals surface area (Å²) < 4.78 is 9.56. The molecule has 1 aliphatic rings. The van der Waals surface area contributed by atoms with Crippen molar-refractivity contribution in [3.63, 3.8) is 0 Å². The van der Waals surface area contributed by atoms with Gasteiger partial charge in [-0.05, 0) is 42.0 Å². The number of β-lactam (4-membered cyclic amide) rings is 1. The molecule has 0 bridgehead atoms. The van der Waals surface area contributed by atoms with Gasteiger partial charge in [-0.25, -0.2) is 9.69 Å². The Morgan fingerprint density at radius 1 is 1.03 bits per heavy atom.